The SMILES string of the molecule is Cc1ccc(NC(=O)NC2CCC(Oc3ccc(Oc4ccc(C(=O)Nc5ccccc5C(=O)O)cc4)cc3)CC2)cc1. The highest BCUT2D eigenvalue weighted by Gasteiger charge is 2.24. The molecule has 0 aliphatic heterocycles. The first-order valence-corrected chi connectivity index (χ1v) is 14.1. The average Bonchev–Trinajstić information content (AvgIpc) is 3.01. The summed E-state index contributed by atoms with van der Waals surface area (Å²) >= 11 is 0. The number of hydrogen-bond donors (Lipinski definition) is 4. The number of ether oxygens (including phenoxy) is 2. The number of hydrogen-bond acceptors (Lipinski definition) is 5. The van der Waals surface area contributed by atoms with Crippen LogP contribution in [0.4, 0.5) is 16.2 Å². The van der Waals surface area contributed by atoms with E-state index < -0.39 is 11.9 Å². The van der Waals surface area contributed by atoms with Gasteiger partial charge in [0.2, 0.25) is 0 Å². The number of nitrogens with one attached hydrogen (secondary N) is 3. The summed E-state index contributed by atoms with van der Waals surface area (Å²) in [7, 11) is 0. The van der Waals surface area contributed by atoms with Crippen LogP contribution in [-0.4, -0.2) is 35.2 Å². The third kappa shape index (κ3) is 8.13. The number of carbonyl (C=O) groups is 3. The lowest BCUT2D eigenvalue weighted by atomic mass is 9.93. The standard InChI is InChI=1S/C34H33N3O6/c1-22-6-10-24(11-7-22)35-34(41)36-25-12-16-27(17-13-25)43-29-20-18-28(19-21-29)42-26-14-8-23(9-15-26)32(38)37-31-5-3-2-4-30(31)33(39)40/h2-11,14-15,18-21,25,27H,12-13,16-17H2,1H3,(H,37,38)(H,39,40)(H2,35,36,41). The number of carboxylic acids is 1. The van der Waals surface area contributed by atoms with Crippen molar-refractivity contribution in [2.75, 3.05) is 10.6 Å². The molecule has 0 saturated heterocycles. The molecule has 5 rings (SSSR count). The van der Waals surface area contributed by atoms with E-state index in [4.69, 9.17) is 9.47 Å². The van der Waals surface area contributed by atoms with Crippen molar-refractivity contribution < 1.29 is 29.0 Å². The molecule has 0 unspecified atom stereocenters. The minimum Gasteiger partial charge on any atom is -0.490 e. The van der Waals surface area contributed by atoms with Gasteiger partial charge in [-0.05, 0) is 105 Å². The van der Waals surface area contributed by atoms with Crippen LogP contribution < -0.4 is 25.4 Å². The summed E-state index contributed by atoms with van der Waals surface area (Å²) in [5.41, 5.74) is 2.53. The second kappa shape index (κ2) is 13.6. The summed E-state index contributed by atoms with van der Waals surface area (Å²) in [5.74, 6) is 0.379. The molecule has 43 heavy (non-hydrogen) atoms. The van der Waals surface area contributed by atoms with Crippen LogP contribution in [0.25, 0.3) is 0 Å². The van der Waals surface area contributed by atoms with Gasteiger partial charge in [-0.1, -0.05) is 29.8 Å². The van der Waals surface area contributed by atoms with E-state index in [1.807, 2.05) is 55.5 Å². The molecule has 4 aromatic rings. The van der Waals surface area contributed by atoms with Gasteiger partial charge < -0.3 is 30.5 Å². The topological polar surface area (TPSA) is 126 Å². The molecule has 1 aliphatic carbocycles. The van der Waals surface area contributed by atoms with Crippen molar-refractivity contribution in [2.24, 2.45) is 0 Å². The Morgan fingerprint density at radius 3 is 1.98 bits per heavy atom. The van der Waals surface area contributed by atoms with Gasteiger partial charge in [0.25, 0.3) is 5.91 Å². The first kappa shape index (κ1) is 29.2. The molecule has 0 spiro atoms. The van der Waals surface area contributed by atoms with Gasteiger partial charge >= 0.3 is 12.0 Å². The lowest BCUT2D eigenvalue weighted by Crippen LogP contribution is -2.41. The monoisotopic (exact) mass is 579 g/mol. The second-order valence-corrected chi connectivity index (χ2v) is 10.5. The number of urea groups is 1. The Morgan fingerprint density at radius 2 is 1.33 bits per heavy atom. The van der Waals surface area contributed by atoms with Gasteiger partial charge in [0, 0.05) is 17.3 Å². The number of amides is 3. The molecule has 1 aliphatic rings. The molecule has 4 N–H and O–H groups in total. The Kier molecular flexibility index (Phi) is 9.21. The zero-order valence-corrected chi connectivity index (χ0v) is 23.7. The summed E-state index contributed by atoms with van der Waals surface area (Å²) in [6, 6.07) is 27.8. The van der Waals surface area contributed by atoms with Crippen LogP contribution in [0.3, 0.4) is 0 Å². The first-order chi connectivity index (χ1) is 20.8. The Bertz CT molecular complexity index is 1560. The van der Waals surface area contributed by atoms with Crippen molar-refractivity contribution in [2.45, 2.75) is 44.8 Å². The van der Waals surface area contributed by atoms with Gasteiger partial charge in [0.05, 0.1) is 17.4 Å². The molecular formula is C34H33N3O6. The average molecular weight is 580 g/mol. The van der Waals surface area contributed by atoms with E-state index in [1.165, 1.54) is 6.07 Å². The summed E-state index contributed by atoms with van der Waals surface area (Å²) < 4.78 is 12.1. The lowest BCUT2D eigenvalue weighted by molar-refractivity contribution is 0.0698. The van der Waals surface area contributed by atoms with Gasteiger partial charge in [0.15, 0.2) is 0 Å². The predicted octanol–water partition coefficient (Wildman–Crippen LogP) is 7.25. The van der Waals surface area contributed by atoms with Crippen molar-refractivity contribution in [3.63, 3.8) is 0 Å². The van der Waals surface area contributed by atoms with Gasteiger partial charge in [0.1, 0.15) is 17.2 Å². The molecule has 4 aromatic carbocycles. The van der Waals surface area contributed by atoms with E-state index in [-0.39, 0.29) is 29.4 Å². The number of aromatic carboxylic acids is 1. The normalized spacial score (nSPS) is 16.0. The molecular weight excluding hydrogens is 546 g/mol. The minimum atomic E-state index is -1.11. The summed E-state index contributed by atoms with van der Waals surface area (Å²) in [4.78, 5) is 36.4. The van der Waals surface area contributed by atoms with E-state index in [1.54, 1.807) is 42.5 Å². The van der Waals surface area contributed by atoms with E-state index in [0.29, 0.717) is 17.1 Å². The van der Waals surface area contributed by atoms with Gasteiger partial charge in [-0.2, -0.15) is 0 Å². The molecule has 3 amide bonds. The first-order valence-electron chi connectivity index (χ1n) is 14.1. The predicted molar refractivity (Wildman–Crippen MR) is 164 cm³/mol. The highest BCUT2D eigenvalue weighted by molar-refractivity contribution is 6.07. The summed E-state index contributed by atoms with van der Waals surface area (Å²) in [6.07, 6.45) is 3.44. The molecule has 0 aromatic heterocycles. The fourth-order valence-electron chi connectivity index (χ4n) is 4.88. The molecule has 0 bridgehead atoms. The van der Waals surface area contributed by atoms with E-state index >= 15 is 0 Å². The molecule has 0 radical (unpaired) electrons. The van der Waals surface area contributed by atoms with Gasteiger partial charge in [-0.3, -0.25) is 4.79 Å². The van der Waals surface area contributed by atoms with Crippen molar-refractivity contribution in [1.29, 1.82) is 0 Å². The largest absolute Gasteiger partial charge is 0.490 e. The molecule has 0 atom stereocenters. The van der Waals surface area contributed by atoms with Crippen LogP contribution in [0.2, 0.25) is 0 Å². The van der Waals surface area contributed by atoms with Crippen LogP contribution in [-0.2, 0) is 0 Å². The molecule has 9 nitrogen and oxygen atoms in total. The molecule has 9 heteroatoms. The molecule has 220 valence electrons. The smallest absolute Gasteiger partial charge is 0.337 e. The van der Waals surface area contributed by atoms with Crippen molar-refractivity contribution in [1.82, 2.24) is 5.32 Å². The number of benzene rings is 4. The number of para-hydroxylation sites is 1. The van der Waals surface area contributed by atoms with E-state index in [2.05, 4.69) is 16.0 Å². The Balaban J connectivity index is 1.06. The molecule has 1 saturated carbocycles. The van der Waals surface area contributed by atoms with Crippen LogP contribution >= 0.6 is 0 Å². The minimum absolute atomic E-state index is 0.0199. The highest BCUT2D eigenvalue weighted by atomic mass is 16.5. The number of rotatable bonds is 9. The fraction of sp³-hybridized carbons (Fsp3) is 0.206. The molecule has 1 fully saturated rings. The summed E-state index contributed by atoms with van der Waals surface area (Å²) in [6.45, 7) is 2.01. The van der Waals surface area contributed by atoms with Crippen LogP contribution in [0.15, 0.2) is 97.1 Å². The number of aryl methyl sites for hydroxylation is 1. The Labute approximate surface area is 249 Å². The lowest BCUT2D eigenvalue weighted by Gasteiger charge is -2.29. The van der Waals surface area contributed by atoms with Crippen LogP contribution in [0.5, 0.6) is 17.2 Å². The van der Waals surface area contributed by atoms with E-state index in [0.717, 1.165) is 42.7 Å². The van der Waals surface area contributed by atoms with E-state index in [9.17, 15) is 19.5 Å². The quantitative estimate of drug-likeness (QED) is 0.165. The number of carbonyl (C=O) groups excluding carboxylic acids is 2. The third-order valence-electron chi connectivity index (χ3n) is 7.20. The number of carboxylic acid groups (broad SMARTS) is 1. The maximum Gasteiger partial charge on any atom is 0.337 e. The maximum absolute atomic E-state index is 12.6. The zero-order chi connectivity index (χ0) is 30.2. The molecule has 0 heterocycles. The highest BCUT2D eigenvalue weighted by Crippen LogP contribution is 2.28. The maximum atomic E-state index is 12.6. The van der Waals surface area contributed by atoms with Crippen molar-refractivity contribution >= 4 is 29.3 Å². The Morgan fingerprint density at radius 1 is 0.721 bits per heavy atom. The zero-order valence-electron chi connectivity index (χ0n) is 23.7. The van der Waals surface area contributed by atoms with Gasteiger partial charge in [-0.25, -0.2) is 9.59 Å². The van der Waals surface area contributed by atoms with Gasteiger partial charge in [-0.15, -0.1) is 0 Å². The summed E-state index contributed by atoms with van der Waals surface area (Å²) in [5, 5.41) is 17.9. The van der Waals surface area contributed by atoms with Crippen molar-refractivity contribution in [3.8, 4) is 17.2 Å². The second-order valence-electron chi connectivity index (χ2n) is 10.5. The van der Waals surface area contributed by atoms with Crippen molar-refractivity contribution in [3.05, 3.63) is 114 Å². The fourth-order valence-corrected chi connectivity index (χ4v) is 4.88. The number of anilines is 2. The third-order valence-corrected chi connectivity index (χ3v) is 7.20. The van der Waals surface area contributed by atoms with Crippen LogP contribution in [0.1, 0.15) is 52.0 Å². The Hall–Kier alpha value is -5.31. The van der Waals surface area contributed by atoms with Crippen LogP contribution in [0, 0.1) is 6.92 Å².